The van der Waals surface area contributed by atoms with Gasteiger partial charge >= 0.3 is 20.8 Å². The summed E-state index contributed by atoms with van der Waals surface area (Å²) in [4.78, 5) is 10.8. The van der Waals surface area contributed by atoms with Crippen molar-refractivity contribution in [3.05, 3.63) is 39.9 Å². The Hall–Kier alpha value is -1.76. The number of nitro benzene ring substituents is 1. The van der Waals surface area contributed by atoms with Crippen molar-refractivity contribution >= 4 is 26.5 Å². The lowest BCUT2D eigenvalue weighted by Crippen LogP contribution is -2.72. The zero-order valence-corrected chi connectivity index (χ0v) is 32.4. The molecule has 1 unspecified atom stereocenters. The largest absolute Gasteiger partial charge is 0.399 e. The highest BCUT2D eigenvalue weighted by Crippen LogP contribution is 2.69. The highest BCUT2D eigenvalue weighted by atomic mass is 32.3. The van der Waals surface area contributed by atoms with Gasteiger partial charge in [0.2, 0.25) is 0 Å². The van der Waals surface area contributed by atoms with E-state index in [9.17, 15) is 46.8 Å². The second-order valence-corrected chi connectivity index (χ2v) is 19.2. The van der Waals surface area contributed by atoms with E-state index in [4.69, 9.17) is 12.5 Å². The molecule has 4 fully saturated rings. The molecule has 1 aromatic rings. The van der Waals surface area contributed by atoms with E-state index < -0.39 is 61.0 Å². The Kier molecular flexibility index (Phi) is 12.3. The number of aliphatic hydroxyl groups is 3. The molecule has 296 valence electrons. The second-order valence-electron chi connectivity index (χ2n) is 16.9. The highest BCUT2D eigenvalue weighted by Gasteiger charge is 2.70. The molecule has 0 spiro atoms. The average molecular weight is 776 g/mol. The number of hydrogen-bond acceptors (Lipinski definition) is 12. The summed E-state index contributed by atoms with van der Waals surface area (Å²) in [5, 5.41) is 46.1. The number of fused-ring (bicyclic) bond motifs is 5. The van der Waals surface area contributed by atoms with Gasteiger partial charge in [-0.25, -0.2) is 12.5 Å². The zero-order valence-electron chi connectivity index (χ0n) is 30.8. The van der Waals surface area contributed by atoms with Crippen molar-refractivity contribution in [2.24, 2.45) is 46.3 Å². The molecule has 52 heavy (non-hydrogen) atoms. The van der Waals surface area contributed by atoms with Crippen LogP contribution in [0.5, 0.6) is 0 Å². The van der Waals surface area contributed by atoms with Crippen molar-refractivity contribution < 1.29 is 54.2 Å². The van der Waals surface area contributed by atoms with Gasteiger partial charge in [-0.15, -0.1) is 0 Å². The lowest BCUT2D eigenvalue weighted by atomic mass is 9.42. The number of nitrogens with zero attached hydrogens (tertiary/aromatic N) is 1. The van der Waals surface area contributed by atoms with Gasteiger partial charge in [0.1, 0.15) is 17.8 Å². The summed E-state index contributed by atoms with van der Waals surface area (Å²) in [6.07, 6.45) is 2.91. The molecule has 5 rings (SSSR count). The number of para-hydroxylation sites is 1. The van der Waals surface area contributed by atoms with E-state index >= 15 is 0 Å². The maximum absolute atomic E-state index is 12.5. The van der Waals surface area contributed by atoms with E-state index in [0.29, 0.717) is 23.8 Å². The van der Waals surface area contributed by atoms with Crippen molar-refractivity contribution in [1.29, 1.82) is 0 Å². The van der Waals surface area contributed by atoms with Crippen LogP contribution in [0.4, 0.5) is 5.69 Å². The molecule has 4 aliphatic carbocycles. The average Bonchev–Trinajstić information content (AvgIpc) is 3.42. The van der Waals surface area contributed by atoms with Crippen LogP contribution in [-0.2, 0) is 33.3 Å². The first kappa shape index (κ1) is 41.4. The molecule has 0 radical (unpaired) electrons. The molecule has 0 aliphatic heterocycles. The van der Waals surface area contributed by atoms with Crippen molar-refractivity contribution in [1.82, 2.24) is 0 Å². The molecule has 0 saturated heterocycles. The van der Waals surface area contributed by atoms with E-state index in [2.05, 4.69) is 13.8 Å². The normalized spacial score (nSPS) is 38.1. The number of nitro groups is 1. The molecular formula is C36H57NO13S2. The summed E-state index contributed by atoms with van der Waals surface area (Å²) in [5.74, 6) is 0.306. The third-order valence-electron chi connectivity index (χ3n) is 13.9. The highest BCUT2D eigenvalue weighted by molar-refractivity contribution is 7.81. The van der Waals surface area contributed by atoms with Crippen LogP contribution in [-0.4, -0.2) is 78.8 Å². The van der Waals surface area contributed by atoms with Gasteiger partial charge in [0.15, 0.2) is 0 Å². The topological polar surface area (TPSA) is 220 Å². The Bertz CT molecular complexity index is 1660. The first-order valence-electron chi connectivity index (χ1n) is 18.6. The summed E-state index contributed by atoms with van der Waals surface area (Å²) in [5.41, 5.74) is -2.27. The third kappa shape index (κ3) is 8.11. The van der Waals surface area contributed by atoms with Crippen LogP contribution in [0.15, 0.2) is 24.3 Å². The van der Waals surface area contributed by atoms with Crippen molar-refractivity contribution in [2.45, 2.75) is 129 Å². The minimum atomic E-state index is -4.83. The van der Waals surface area contributed by atoms with Crippen LogP contribution in [0.3, 0.4) is 0 Å². The molecule has 0 bridgehead atoms. The SMILES string of the molecule is CC(COS(=O)(=O)OC[C@@H](C)CCC[C@@H](C)[C@H]1CC[C@H]2[C@@H]3[C@H](O)C[C@@]4(O)[C@@H](O)[C@H](OS(=O)(=O)O)CC[C@]4(C)[C@H]3CC[C@]12C)c1ccccc1[N+](=O)[O-]. The van der Waals surface area contributed by atoms with Gasteiger partial charge in [0.05, 0.1) is 24.2 Å². The quantitative estimate of drug-likeness (QED) is 0.101. The minimum Gasteiger partial charge on any atom is -0.393 e. The Morgan fingerprint density at radius 1 is 0.942 bits per heavy atom. The van der Waals surface area contributed by atoms with Gasteiger partial charge in [-0.05, 0) is 85.9 Å². The predicted octanol–water partition coefficient (Wildman–Crippen LogP) is 5.32. The fraction of sp³-hybridized carbons (Fsp3) is 0.833. The van der Waals surface area contributed by atoms with Gasteiger partial charge in [0.25, 0.3) is 5.69 Å². The molecule has 4 N–H and O–H groups in total. The summed E-state index contributed by atoms with van der Waals surface area (Å²) >= 11 is 0. The Morgan fingerprint density at radius 2 is 1.62 bits per heavy atom. The molecule has 0 heterocycles. The summed E-state index contributed by atoms with van der Waals surface area (Å²) < 4.78 is 72.0. The van der Waals surface area contributed by atoms with Crippen LogP contribution in [0.25, 0.3) is 0 Å². The summed E-state index contributed by atoms with van der Waals surface area (Å²) in [7, 11) is -9.13. The molecule has 4 saturated carbocycles. The maximum atomic E-state index is 12.5. The minimum absolute atomic E-state index is 0.0191. The van der Waals surface area contributed by atoms with E-state index in [1.807, 2.05) is 13.8 Å². The first-order chi connectivity index (χ1) is 24.1. The molecule has 13 atom stereocenters. The third-order valence-corrected chi connectivity index (χ3v) is 15.2. The van der Waals surface area contributed by atoms with Crippen molar-refractivity contribution in [3.63, 3.8) is 0 Å². The standard InChI is InChI=1S/C36H57NO13S2/c1-22(20-48-52(46,47)49-21-24(3)25-11-6-7-12-29(25)37(41)42)9-8-10-23(2)26-13-14-27-32-28(15-17-34(26,27)4)35(5)18-16-31(50-51(43,44)45)33(39)36(35,40)19-30(32)38/h6-7,11-12,22-24,26-28,30-33,38-40H,8-10,13-21H2,1-5H3,(H,43,44,45)/t22-,23+,24?,26+,27-,28-,30+,31+,32-,33-,34+,35+,36+/m0/s1. The van der Waals surface area contributed by atoms with Crippen molar-refractivity contribution in [2.75, 3.05) is 13.2 Å². The Balaban J connectivity index is 1.12. The van der Waals surface area contributed by atoms with E-state index in [-0.39, 0.29) is 60.8 Å². The number of aliphatic hydroxyl groups excluding tert-OH is 2. The van der Waals surface area contributed by atoms with Gasteiger partial charge in [-0.1, -0.05) is 65.7 Å². The monoisotopic (exact) mass is 775 g/mol. The molecule has 14 nitrogen and oxygen atoms in total. The van der Waals surface area contributed by atoms with E-state index in [1.165, 1.54) is 6.07 Å². The lowest BCUT2D eigenvalue weighted by molar-refractivity contribution is -0.385. The van der Waals surface area contributed by atoms with Crippen LogP contribution in [0.1, 0.15) is 110 Å². The number of hydrogen-bond donors (Lipinski definition) is 4. The van der Waals surface area contributed by atoms with Gasteiger partial charge < -0.3 is 15.3 Å². The molecule has 0 aromatic heterocycles. The van der Waals surface area contributed by atoms with E-state index in [0.717, 1.165) is 44.9 Å². The Labute approximate surface area is 308 Å². The van der Waals surface area contributed by atoms with Crippen LogP contribution >= 0.6 is 0 Å². The number of rotatable bonds is 15. The van der Waals surface area contributed by atoms with Gasteiger partial charge in [-0.2, -0.15) is 16.8 Å². The first-order valence-corrected chi connectivity index (χ1v) is 21.3. The molecule has 0 amide bonds. The lowest BCUT2D eigenvalue weighted by Gasteiger charge is -2.66. The maximum Gasteiger partial charge on any atom is 0.399 e. The van der Waals surface area contributed by atoms with E-state index in [1.54, 1.807) is 25.1 Å². The fourth-order valence-electron chi connectivity index (χ4n) is 11.1. The van der Waals surface area contributed by atoms with Crippen molar-refractivity contribution in [3.8, 4) is 0 Å². The molecule has 4 aliphatic rings. The smallest absolute Gasteiger partial charge is 0.393 e. The van der Waals surface area contributed by atoms with Crippen LogP contribution in [0, 0.1) is 56.5 Å². The predicted molar refractivity (Wildman–Crippen MR) is 190 cm³/mol. The van der Waals surface area contributed by atoms with Crippen LogP contribution < -0.4 is 0 Å². The second kappa shape index (κ2) is 15.4. The summed E-state index contributed by atoms with van der Waals surface area (Å²) in [6.45, 7) is 9.81. The van der Waals surface area contributed by atoms with Crippen LogP contribution in [0.2, 0.25) is 0 Å². The van der Waals surface area contributed by atoms with Gasteiger partial charge in [0, 0.05) is 29.4 Å². The molecule has 1 aromatic carbocycles. The fourth-order valence-corrected chi connectivity index (χ4v) is 12.5. The number of benzene rings is 1. The molecular weight excluding hydrogens is 719 g/mol. The zero-order chi connectivity index (χ0) is 38.4. The van der Waals surface area contributed by atoms with Gasteiger partial charge in [-0.3, -0.25) is 14.7 Å². The molecule has 16 heteroatoms. The Morgan fingerprint density at radius 3 is 2.29 bits per heavy atom. The summed E-state index contributed by atoms with van der Waals surface area (Å²) in [6, 6.07) is 6.15.